The monoisotopic (exact) mass is 195 g/mol. The number of aliphatic hydroxyl groups excluding tert-OH is 1. The Labute approximate surface area is 98.3 Å². The molecule has 1 atom stereocenters. The van der Waals surface area contributed by atoms with E-state index in [1.807, 2.05) is 0 Å². The molecule has 1 unspecified atom stereocenters. The van der Waals surface area contributed by atoms with Crippen molar-refractivity contribution in [2.45, 2.75) is 13.0 Å². The fourth-order valence-corrected chi connectivity index (χ4v) is 0.193. The van der Waals surface area contributed by atoms with Crippen molar-refractivity contribution in [3.05, 3.63) is 0 Å². The number of carbonyl (C=O) groups is 1. The topological polar surface area (TPSA) is 78.0 Å². The van der Waals surface area contributed by atoms with Gasteiger partial charge in [0.15, 0.2) is 0 Å². The molecule has 0 aromatic carbocycles. The van der Waals surface area contributed by atoms with Gasteiger partial charge >= 0.3 is 35.5 Å². The van der Waals surface area contributed by atoms with Gasteiger partial charge in [0.2, 0.25) is 0 Å². The van der Waals surface area contributed by atoms with Crippen LogP contribution in [0.15, 0.2) is 0 Å². The molecule has 0 spiro atoms. The quantitative estimate of drug-likeness (QED) is 0.428. The summed E-state index contributed by atoms with van der Waals surface area (Å²) in [6.45, 7) is 1.27. The second kappa shape index (κ2) is 12.9. The predicted molar refractivity (Wildman–Crippen MR) is 36.9 cm³/mol. The van der Waals surface area contributed by atoms with E-state index in [-0.39, 0.29) is 53.8 Å². The van der Waals surface area contributed by atoms with Crippen LogP contribution in [0.5, 0.6) is 0 Å². The summed E-state index contributed by atoms with van der Waals surface area (Å²) in [6, 6.07) is 0. The average Bonchev–Trinajstić information content (AvgIpc) is 1.65. The molecule has 0 fully saturated rings. The van der Waals surface area contributed by atoms with E-state index in [1.54, 1.807) is 0 Å². The van der Waals surface area contributed by atoms with Crippen molar-refractivity contribution in [3.63, 3.8) is 0 Å². The number of carbonyl (C=O) groups excluding carboxylic acids is 1. The second-order valence-electron chi connectivity index (χ2n) is 1.07. The average molecular weight is 196 g/mol. The van der Waals surface area contributed by atoms with Crippen LogP contribution < -0.4 is 29.6 Å². The molecule has 0 saturated carbocycles. The summed E-state index contributed by atoms with van der Waals surface area (Å²) in [5.41, 5.74) is 0. The minimum absolute atomic E-state index is 0. The van der Waals surface area contributed by atoms with Crippen molar-refractivity contribution < 1.29 is 50.7 Å². The molecule has 57 valence electrons. The largest absolute Gasteiger partial charge is 1.00 e. The third kappa shape index (κ3) is 11.9. The van der Waals surface area contributed by atoms with E-state index < -0.39 is 12.1 Å². The molecule has 0 bridgehead atoms. The molecule has 0 rings (SSSR count). The summed E-state index contributed by atoms with van der Waals surface area (Å²) in [7, 11) is 0. The Morgan fingerprint density at radius 1 is 1.80 bits per heavy atom. The van der Waals surface area contributed by atoms with Gasteiger partial charge in [-0.1, -0.05) is 0 Å². The number of halogens is 1. The van der Waals surface area contributed by atoms with Crippen molar-refractivity contribution in [2.75, 3.05) is 0 Å². The molecule has 0 aliphatic carbocycles. The summed E-state index contributed by atoms with van der Waals surface area (Å²) < 4.78 is 3.59. The third-order valence-corrected chi connectivity index (χ3v) is 0.569. The summed E-state index contributed by atoms with van der Waals surface area (Å²) in [5.74, 6) is -0.832. The molecule has 4 nitrogen and oxygen atoms in total. The molecule has 0 aromatic rings. The predicted octanol–water partition coefficient (Wildman–Crippen LogP) is -4.56. The van der Waals surface area contributed by atoms with Crippen LogP contribution in [0.2, 0.25) is 0 Å². The molecule has 0 aliphatic rings. The van der Waals surface area contributed by atoms with Crippen molar-refractivity contribution >= 4 is 35.2 Å². The fourth-order valence-electron chi connectivity index (χ4n) is 0.0645. The first-order chi connectivity index (χ1) is 3.18. The SMILES string of the molecule is CC(O)C(=O)OCl.O.[AlH2].[H-].[Na+]. The van der Waals surface area contributed by atoms with Gasteiger partial charge in [-0.25, -0.2) is 4.79 Å². The van der Waals surface area contributed by atoms with Crippen LogP contribution in [0.25, 0.3) is 0 Å². The first kappa shape index (κ1) is 22.5. The van der Waals surface area contributed by atoms with Crippen molar-refractivity contribution in [2.24, 2.45) is 0 Å². The van der Waals surface area contributed by atoms with Crippen LogP contribution in [-0.2, 0) is 9.08 Å². The van der Waals surface area contributed by atoms with E-state index in [2.05, 4.69) is 16.2 Å². The number of hydrogen-bond acceptors (Lipinski definition) is 3. The molecule has 0 aromatic heterocycles. The van der Waals surface area contributed by atoms with Crippen molar-refractivity contribution in [3.8, 4) is 0 Å². The minimum atomic E-state index is -1.13. The molecule has 7 heteroatoms. The molecule has 3 N–H and O–H groups in total. The van der Waals surface area contributed by atoms with Gasteiger partial charge in [-0.2, -0.15) is 0 Å². The molecule has 0 aliphatic heterocycles. The summed E-state index contributed by atoms with van der Waals surface area (Å²) in [5, 5.41) is 8.26. The molecular weight excluding hydrogens is 185 g/mol. The first-order valence-corrected chi connectivity index (χ1v) is 2.00. The van der Waals surface area contributed by atoms with Gasteiger partial charge in [-0.05, 0) is 6.92 Å². The Balaban J connectivity index is -0.0000000300. The van der Waals surface area contributed by atoms with E-state index in [0.717, 1.165) is 0 Å². The van der Waals surface area contributed by atoms with Gasteiger partial charge in [-0.3, -0.25) is 0 Å². The van der Waals surface area contributed by atoms with Crippen molar-refractivity contribution in [1.29, 1.82) is 0 Å². The zero-order valence-electron chi connectivity index (χ0n) is 7.22. The smallest absolute Gasteiger partial charge is 1.00 e. The van der Waals surface area contributed by atoms with Gasteiger partial charge in [0.05, 0.1) is 0 Å². The maximum atomic E-state index is 9.91. The van der Waals surface area contributed by atoms with E-state index in [1.165, 1.54) is 6.92 Å². The zero-order valence-corrected chi connectivity index (χ0v) is 11.0. The van der Waals surface area contributed by atoms with Crippen molar-refractivity contribution in [1.82, 2.24) is 0 Å². The van der Waals surface area contributed by atoms with E-state index in [0.29, 0.717) is 0 Å². The van der Waals surface area contributed by atoms with Gasteiger partial charge in [0, 0.05) is 0 Å². The van der Waals surface area contributed by atoms with Crippen LogP contribution in [0.3, 0.4) is 0 Å². The Bertz CT molecular complexity index is 85.7. The standard InChI is InChI=1S/C3H5ClO3.Al.Na.H2O.3H/c1-2(5)3(6)7-4;;;;;;/h2,5H,1H3;;;1H2;;;/q;;+1;;;;-1. The molecule has 10 heavy (non-hydrogen) atoms. The summed E-state index contributed by atoms with van der Waals surface area (Å²) in [6.07, 6.45) is -1.13. The summed E-state index contributed by atoms with van der Waals surface area (Å²) in [4.78, 5) is 9.91. The van der Waals surface area contributed by atoms with Crippen LogP contribution >= 0.6 is 11.9 Å². The number of aliphatic hydroxyl groups is 1. The van der Waals surface area contributed by atoms with Gasteiger partial charge in [0.1, 0.15) is 35.3 Å². The number of rotatable bonds is 1. The Kier molecular flexibility index (Phi) is 28.9. The third-order valence-electron chi connectivity index (χ3n) is 0.417. The Hall–Kier alpha value is 1.21. The minimum Gasteiger partial charge on any atom is -1.00 e. The van der Waals surface area contributed by atoms with Crippen LogP contribution in [0, 0.1) is 0 Å². The molecule has 0 heterocycles. The second-order valence-corrected chi connectivity index (χ2v) is 1.23. The summed E-state index contributed by atoms with van der Waals surface area (Å²) >= 11 is 4.54. The normalized spacial score (nSPS) is 9.10. The first-order valence-electron chi connectivity index (χ1n) is 1.69. The molecule has 1 radical (unpaired) electrons. The maximum absolute atomic E-state index is 9.91. The zero-order chi connectivity index (χ0) is 5.86. The van der Waals surface area contributed by atoms with Crippen LogP contribution in [0.4, 0.5) is 0 Å². The Morgan fingerprint density at radius 3 is 2.10 bits per heavy atom. The van der Waals surface area contributed by atoms with E-state index in [4.69, 9.17) is 5.11 Å². The van der Waals surface area contributed by atoms with Gasteiger partial charge < -0.3 is 16.3 Å². The van der Waals surface area contributed by atoms with Crippen LogP contribution in [-0.4, -0.2) is 40.0 Å². The van der Waals surface area contributed by atoms with Gasteiger partial charge in [-0.15, -0.1) is 0 Å². The van der Waals surface area contributed by atoms with E-state index >= 15 is 0 Å². The number of hydrogen-bond donors (Lipinski definition) is 1. The molecule has 0 amide bonds. The Morgan fingerprint density at radius 2 is 2.10 bits per heavy atom. The van der Waals surface area contributed by atoms with Crippen LogP contribution in [0.1, 0.15) is 8.35 Å². The van der Waals surface area contributed by atoms with Gasteiger partial charge in [0.25, 0.3) is 0 Å². The van der Waals surface area contributed by atoms with E-state index in [9.17, 15) is 4.79 Å². The fraction of sp³-hybridized carbons (Fsp3) is 0.667. The maximum Gasteiger partial charge on any atom is 1.00 e. The molecule has 0 saturated heterocycles. The molecular formula is C3H10AlClNaO4.